The molecule has 2 aliphatic heterocycles. The SMILES string of the molecule is Nc1nc2c(ncn2[C@@H]2O[C@H](COP(=O)(O)CO[C@H]3C(O)[C@@H](CO)O[C@H]3n3cnc4c(=O)[nH]c(N)nc43)C(O)C2OC[P+](=O)O)c(=O)[nH]1. The zero-order chi connectivity index (χ0) is 34.5. The minimum absolute atomic E-state index is 0.0540. The smallest absolute Gasteiger partial charge is 0.394 e. The summed E-state index contributed by atoms with van der Waals surface area (Å²) in [6.45, 7) is -1.41. The first-order valence-electron chi connectivity index (χ1n) is 13.8. The Balaban J connectivity index is 1.17. The van der Waals surface area contributed by atoms with Crippen LogP contribution in [0.1, 0.15) is 12.5 Å². The van der Waals surface area contributed by atoms with Gasteiger partial charge in [-0.2, -0.15) is 14.9 Å². The quantitative estimate of drug-likeness (QED) is 0.0642. The number of H-pyrrole nitrogens is 2. The Morgan fingerprint density at radius 2 is 1.42 bits per heavy atom. The van der Waals surface area contributed by atoms with E-state index in [2.05, 4.69) is 29.9 Å². The van der Waals surface area contributed by atoms with E-state index in [1.165, 1.54) is 9.13 Å². The third-order valence-corrected chi connectivity index (χ3v) is 8.90. The summed E-state index contributed by atoms with van der Waals surface area (Å²) in [6, 6.07) is 0. The van der Waals surface area contributed by atoms with Crippen molar-refractivity contribution in [2.24, 2.45) is 0 Å². The average Bonchev–Trinajstić information content (AvgIpc) is 3.77. The van der Waals surface area contributed by atoms with Gasteiger partial charge in [0.25, 0.3) is 17.5 Å². The van der Waals surface area contributed by atoms with Crippen LogP contribution in [0.25, 0.3) is 22.3 Å². The zero-order valence-electron chi connectivity index (χ0n) is 24.2. The molecule has 0 aromatic carbocycles. The Morgan fingerprint density at radius 3 is 1.94 bits per heavy atom. The molecule has 6 heterocycles. The summed E-state index contributed by atoms with van der Waals surface area (Å²) in [4.78, 5) is 64.9. The van der Waals surface area contributed by atoms with Crippen molar-refractivity contribution < 1.29 is 57.7 Å². The maximum absolute atomic E-state index is 13.1. The summed E-state index contributed by atoms with van der Waals surface area (Å²) in [7, 11) is -7.52. The van der Waals surface area contributed by atoms with Gasteiger partial charge in [-0.3, -0.25) is 33.3 Å². The highest BCUT2D eigenvalue weighted by molar-refractivity contribution is 7.52. The van der Waals surface area contributed by atoms with Crippen molar-refractivity contribution in [3.05, 3.63) is 33.4 Å². The van der Waals surface area contributed by atoms with Crippen molar-refractivity contribution in [1.82, 2.24) is 39.0 Å². The summed E-state index contributed by atoms with van der Waals surface area (Å²) in [5, 5.41) is 31.5. The van der Waals surface area contributed by atoms with E-state index in [0.29, 0.717) is 0 Å². The molecule has 0 radical (unpaired) electrons. The number of imidazole rings is 2. The monoisotopic (exact) mass is 719 g/mol. The van der Waals surface area contributed by atoms with Crippen molar-refractivity contribution >= 4 is 49.8 Å². The Morgan fingerprint density at radius 1 is 0.917 bits per heavy atom. The van der Waals surface area contributed by atoms with Gasteiger partial charge in [0, 0.05) is 0 Å². The lowest BCUT2D eigenvalue weighted by atomic mass is 10.1. The number of aliphatic hydroxyl groups excluding tert-OH is 3. The largest absolute Gasteiger partial charge is 0.534 e. The van der Waals surface area contributed by atoms with Crippen LogP contribution in [0.5, 0.6) is 0 Å². The van der Waals surface area contributed by atoms with Gasteiger partial charge in [0.2, 0.25) is 11.9 Å². The molecule has 0 amide bonds. The molecule has 0 saturated carbocycles. The van der Waals surface area contributed by atoms with Crippen molar-refractivity contribution in [3.63, 3.8) is 0 Å². The number of hydrogen-bond acceptors (Lipinski definition) is 18. The molecule has 48 heavy (non-hydrogen) atoms. The number of nitrogen functional groups attached to an aromatic ring is 2. The lowest BCUT2D eigenvalue weighted by Crippen LogP contribution is -2.36. The molecular formula is C22H29N10O14P2+. The van der Waals surface area contributed by atoms with Gasteiger partial charge in [-0.25, -0.2) is 9.97 Å². The molecule has 2 saturated heterocycles. The van der Waals surface area contributed by atoms with Gasteiger partial charge in [-0.05, 0) is 4.57 Å². The van der Waals surface area contributed by atoms with Crippen LogP contribution < -0.4 is 22.6 Å². The van der Waals surface area contributed by atoms with E-state index < -0.39 is 102 Å². The second kappa shape index (κ2) is 13.3. The molecule has 26 heteroatoms. The molecule has 0 bridgehead atoms. The first-order chi connectivity index (χ1) is 22.8. The molecule has 0 aliphatic carbocycles. The van der Waals surface area contributed by atoms with Gasteiger partial charge in [-0.15, -0.1) is 0 Å². The van der Waals surface area contributed by atoms with Crippen LogP contribution in [-0.2, 0) is 32.6 Å². The molecule has 24 nitrogen and oxygen atoms in total. The van der Waals surface area contributed by atoms with Crippen LogP contribution in [0.4, 0.5) is 11.9 Å². The number of ether oxygens (including phenoxy) is 4. The van der Waals surface area contributed by atoms with Crippen molar-refractivity contribution in [3.8, 4) is 0 Å². The summed E-state index contributed by atoms with van der Waals surface area (Å²) >= 11 is 0. The first-order valence-corrected chi connectivity index (χ1v) is 17.0. The second-order valence-electron chi connectivity index (χ2n) is 10.7. The van der Waals surface area contributed by atoms with Crippen LogP contribution >= 0.6 is 15.6 Å². The predicted molar refractivity (Wildman–Crippen MR) is 157 cm³/mol. The topological polar surface area (TPSA) is 361 Å². The molecule has 4 aromatic rings. The van der Waals surface area contributed by atoms with Gasteiger partial charge in [0.15, 0.2) is 34.8 Å². The molecule has 10 atom stereocenters. The Bertz CT molecular complexity index is 2000. The number of aromatic amines is 2. The highest BCUT2D eigenvalue weighted by atomic mass is 31.2. The van der Waals surface area contributed by atoms with Crippen LogP contribution in [0.2, 0.25) is 0 Å². The number of aromatic nitrogens is 8. The molecule has 2 aliphatic rings. The van der Waals surface area contributed by atoms with E-state index in [1.54, 1.807) is 0 Å². The third kappa shape index (κ3) is 6.48. The molecule has 0 spiro atoms. The zero-order valence-corrected chi connectivity index (χ0v) is 26.0. The molecule has 11 N–H and O–H groups in total. The number of nitrogens with zero attached hydrogens (tertiary/aromatic N) is 6. The fraction of sp³-hybridized carbons (Fsp3) is 0.545. The van der Waals surface area contributed by atoms with E-state index in [1.807, 2.05) is 0 Å². The molecule has 5 unspecified atom stereocenters. The third-order valence-electron chi connectivity index (χ3n) is 7.50. The van der Waals surface area contributed by atoms with E-state index in [0.717, 1.165) is 12.7 Å². The summed E-state index contributed by atoms with van der Waals surface area (Å²) in [5.74, 6) is -0.505. The molecule has 4 aromatic heterocycles. The summed E-state index contributed by atoms with van der Waals surface area (Å²) in [6.07, 6.45) is -10.6. The fourth-order valence-corrected chi connectivity index (χ4v) is 6.46. The summed E-state index contributed by atoms with van der Waals surface area (Å²) in [5.41, 5.74) is 9.58. The number of nitrogens with two attached hydrogens (primary N) is 2. The highest BCUT2D eigenvalue weighted by Crippen LogP contribution is 2.45. The number of rotatable bonds is 12. The first kappa shape index (κ1) is 34.1. The second-order valence-corrected chi connectivity index (χ2v) is 13.4. The lowest BCUT2D eigenvalue weighted by Gasteiger charge is -2.24. The molecular weight excluding hydrogens is 690 g/mol. The Kier molecular flexibility index (Phi) is 9.43. The number of hydrogen-bond donors (Lipinski definition) is 9. The number of aliphatic hydroxyl groups is 3. The maximum Gasteiger partial charge on any atom is 0.534 e. The van der Waals surface area contributed by atoms with Crippen molar-refractivity contribution in [2.75, 3.05) is 37.4 Å². The lowest BCUT2D eigenvalue weighted by molar-refractivity contribution is -0.0675. The van der Waals surface area contributed by atoms with Crippen molar-refractivity contribution in [2.45, 2.75) is 49.1 Å². The predicted octanol–water partition coefficient (Wildman–Crippen LogP) is -3.45. The van der Waals surface area contributed by atoms with Gasteiger partial charge in [-0.1, -0.05) is 0 Å². The average molecular weight is 719 g/mol. The molecule has 6 rings (SSSR count). The van der Waals surface area contributed by atoms with Crippen LogP contribution in [0.15, 0.2) is 22.2 Å². The Labute approximate surface area is 266 Å². The van der Waals surface area contributed by atoms with Gasteiger partial charge < -0.3 is 55.2 Å². The van der Waals surface area contributed by atoms with E-state index in [9.17, 15) is 43.8 Å². The van der Waals surface area contributed by atoms with Crippen LogP contribution in [0, 0.1) is 0 Å². The van der Waals surface area contributed by atoms with Gasteiger partial charge in [0.05, 0.1) is 25.9 Å². The number of fused-ring (bicyclic) bond motifs is 2. The number of nitrogens with one attached hydrogen (secondary N) is 2. The Hall–Kier alpha value is -3.77. The van der Waals surface area contributed by atoms with Crippen molar-refractivity contribution in [1.29, 1.82) is 0 Å². The number of anilines is 2. The van der Waals surface area contributed by atoms with Gasteiger partial charge >= 0.3 is 15.6 Å². The summed E-state index contributed by atoms with van der Waals surface area (Å²) < 4.78 is 54.5. The van der Waals surface area contributed by atoms with Gasteiger partial charge in [0.1, 0.15) is 43.0 Å². The molecule has 2 fully saturated rings. The van der Waals surface area contributed by atoms with E-state index in [-0.39, 0.29) is 34.2 Å². The maximum atomic E-state index is 13.1. The minimum Gasteiger partial charge on any atom is -0.394 e. The highest BCUT2D eigenvalue weighted by Gasteiger charge is 2.49. The normalized spacial score (nSPS) is 29.1. The van der Waals surface area contributed by atoms with E-state index >= 15 is 0 Å². The van der Waals surface area contributed by atoms with E-state index in [4.69, 9.17) is 34.9 Å². The minimum atomic E-state index is -4.71. The van der Waals surface area contributed by atoms with Crippen LogP contribution in [-0.4, -0.2) is 127 Å². The fourth-order valence-electron chi connectivity index (χ4n) is 5.35. The van der Waals surface area contributed by atoms with Crippen LogP contribution in [0.3, 0.4) is 0 Å². The molecule has 260 valence electrons. The standard InChI is InChI=1S/C22H28N10O14P2/c23-21-27-15-9(17(36)29-21)25-3-31(15)19-13(42-5-47(38)39)12(35)8(46-19)2-44-48(40,41)6-43-14-11(34)7(1-33)45-20(14)32-4-26-10-16(32)28-22(24)30-18(10)37/h3-4,7-8,11-14,19-20,33-35H,1-2,5-6H2,(H7-,23,24,27,28,29,30,36,37,38,39,40,41)/p+1/t7-,8-,11?,12?,13?,14+,19-,20-/m1/s1.